The molecule has 0 radical (unpaired) electrons. The highest BCUT2D eigenvalue weighted by atomic mass is 16.6. The number of pyridine rings is 1. The van der Waals surface area contributed by atoms with Gasteiger partial charge in [0.05, 0.1) is 12.5 Å². The molecule has 2 aliphatic heterocycles. The van der Waals surface area contributed by atoms with Crippen molar-refractivity contribution < 1.29 is 14.4 Å². The number of oxime groups is 1. The third-order valence-electron chi connectivity index (χ3n) is 4.61. The number of hydrogen-bond donors (Lipinski definition) is 1. The standard InChI is InChI=1S/C16H18N4O4/c21-13-3-1-2-6-19(13)9-14(22)20-7-11-12(8-20)24-18-15(11)16(23)17-10-4-5-10/h1-3,6,10-12H,4-5,7-9H2,(H,17,23)/t11-,12+/m0/s1. The average molecular weight is 330 g/mol. The van der Waals surface area contributed by atoms with E-state index in [0.29, 0.717) is 18.8 Å². The molecule has 4 rings (SSSR count). The molecule has 0 unspecified atom stereocenters. The van der Waals surface area contributed by atoms with Crippen LogP contribution in [-0.2, 0) is 21.0 Å². The van der Waals surface area contributed by atoms with Gasteiger partial charge in [-0.2, -0.15) is 0 Å². The van der Waals surface area contributed by atoms with Crippen molar-refractivity contribution in [3.8, 4) is 0 Å². The van der Waals surface area contributed by atoms with Gasteiger partial charge in [-0.05, 0) is 18.9 Å². The van der Waals surface area contributed by atoms with Gasteiger partial charge in [-0.1, -0.05) is 11.2 Å². The number of hydrogen-bond acceptors (Lipinski definition) is 5. The van der Waals surface area contributed by atoms with E-state index in [1.165, 1.54) is 10.6 Å². The number of carbonyl (C=O) groups excluding carboxylic acids is 2. The fourth-order valence-corrected chi connectivity index (χ4v) is 3.07. The molecule has 0 aromatic carbocycles. The van der Waals surface area contributed by atoms with Crippen LogP contribution < -0.4 is 10.9 Å². The number of likely N-dealkylation sites (tertiary alicyclic amines) is 1. The molecule has 0 bridgehead atoms. The Labute approximate surface area is 138 Å². The molecule has 1 saturated heterocycles. The molecule has 8 nitrogen and oxygen atoms in total. The molecular weight excluding hydrogens is 312 g/mol. The fourth-order valence-electron chi connectivity index (χ4n) is 3.07. The lowest BCUT2D eigenvalue weighted by atomic mass is 10.0. The second-order valence-electron chi connectivity index (χ2n) is 6.44. The van der Waals surface area contributed by atoms with E-state index in [-0.39, 0.29) is 42.0 Å². The minimum Gasteiger partial charge on any atom is -0.389 e. The van der Waals surface area contributed by atoms with E-state index < -0.39 is 0 Å². The van der Waals surface area contributed by atoms with E-state index in [4.69, 9.17) is 4.84 Å². The van der Waals surface area contributed by atoms with Crippen molar-refractivity contribution in [1.29, 1.82) is 0 Å². The van der Waals surface area contributed by atoms with Crippen molar-refractivity contribution in [2.45, 2.75) is 31.5 Å². The van der Waals surface area contributed by atoms with Gasteiger partial charge >= 0.3 is 0 Å². The number of aromatic nitrogens is 1. The van der Waals surface area contributed by atoms with Gasteiger partial charge in [0.15, 0.2) is 11.8 Å². The van der Waals surface area contributed by atoms with Gasteiger partial charge in [-0.3, -0.25) is 14.4 Å². The lowest BCUT2D eigenvalue weighted by molar-refractivity contribution is -0.131. The lowest BCUT2D eigenvalue weighted by Gasteiger charge is -2.17. The predicted molar refractivity (Wildman–Crippen MR) is 84.2 cm³/mol. The molecule has 0 spiro atoms. The van der Waals surface area contributed by atoms with Crippen molar-refractivity contribution in [3.05, 3.63) is 34.7 Å². The van der Waals surface area contributed by atoms with Crippen LogP contribution in [-0.4, -0.2) is 52.2 Å². The second kappa shape index (κ2) is 5.77. The summed E-state index contributed by atoms with van der Waals surface area (Å²) < 4.78 is 1.37. The number of carbonyl (C=O) groups is 2. The van der Waals surface area contributed by atoms with Crippen molar-refractivity contribution in [2.75, 3.05) is 13.1 Å². The highest BCUT2D eigenvalue weighted by molar-refractivity contribution is 6.40. The van der Waals surface area contributed by atoms with Crippen molar-refractivity contribution in [1.82, 2.24) is 14.8 Å². The molecule has 1 saturated carbocycles. The van der Waals surface area contributed by atoms with E-state index in [1.807, 2.05) is 0 Å². The van der Waals surface area contributed by atoms with Crippen LogP contribution in [0.25, 0.3) is 0 Å². The number of nitrogens with zero attached hydrogens (tertiary/aromatic N) is 3. The van der Waals surface area contributed by atoms with Crippen molar-refractivity contribution >= 4 is 17.5 Å². The Morgan fingerprint density at radius 2 is 2.12 bits per heavy atom. The Bertz CT molecular complexity index is 767. The first-order valence-electron chi connectivity index (χ1n) is 8.09. The monoisotopic (exact) mass is 330 g/mol. The second-order valence-corrected chi connectivity index (χ2v) is 6.44. The summed E-state index contributed by atoms with van der Waals surface area (Å²) in [5, 5.41) is 6.81. The van der Waals surface area contributed by atoms with Crippen molar-refractivity contribution in [2.24, 2.45) is 11.1 Å². The molecule has 2 atom stereocenters. The molecule has 1 N–H and O–H groups in total. The molecule has 2 fully saturated rings. The Balaban J connectivity index is 1.40. The Kier molecular flexibility index (Phi) is 3.59. The SMILES string of the molecule is O=C(NC1CC1)C1=NO[C@@H]2CN(C(=O)Cn3ccccc3=O)C[C@H]12. The van der Waals surface area contributed by atoms with Crippen LogP contribution in [0, 0.1) is 5.92 Å². The summed E-state index contributed by atoms with van der Waals surface area (Å²) in [5.74, 6) is -0.554. The minimum absolute atomic E-state index is 0.0140. The summed E-state index contributed by atoms with van der Waals surface area (Å²) in [7, 11) is 0. The zero-order valence-electron chi connectivity index (χ0n) is 13.1. The van der Waals surface area contributed by atoms with E-state index in [9.17, 15) is 14.4 Å². The molecule has 1 aromatic heterocycles. The van der Waals surface area contributed by atoms with Gasteiger partial charge in [-0.25, -0.2) is 0 Å². The summed E-state index contributed by atoms with van der Waals surface area (Å²) in [6, 6.07) is 5.02. The maximum absolute atomic E-state index is 12.4. The van der Waals surface area contributed by atoms with Gasteiger partial charge in [0.25, 0.3) is 11.5 Å². The van der Waals surface area contributed by atoms with Crippen LogP contribution in [0.3, 0.4) is 0 Å². The minimum atomic E-state index is -0.276. The molecule has 2 amide bonds. The van der Waals surface area contributed by atoms with E-state index >= 15 is 0 Å². The van der Waals surface area contributed by atoms with Gasteiger partial charge in [0.2, 0.25) is 5.91 Å². The molecule has 1 aliphatic carbocycles. The van der Waals surface area contributed by atoms with Gasteiger partial charge in [-0.15, -0.1) is 0 Å². The first-order chi connectivity index (χ1) is 11.6. The van der Waals surface area contributed by atoms with Gasteiger partial charge in [0.1, 0.15) is 6.54 Å². The van der Waals surface area contributed by atoms with Crippen LogP contribution in [0.1, 0.15) is 12.8 Å². The highest BCUT2D eigenvalue weighted by Gasteiger charge is 2.46. The summed E-state index contributed by atoms with van der Waals surface area (Å²) >= 11 is 0. The van der Waals surface area contributed by atoms with Crippen LogP contribution in [0.15, 0.2) is 34.3 Å². The Hall–Kier alpha value is -2.64. The maximum atomic E-state index is 12.4. The predicted octanol–water partition coefficient (Wildman–Crippen LogP) is -0.660. The molecule has 126 valence electrons. The third kappa shape index (κ3) is 2.79. The fraction of sp³-hybridized carbons (Fsp3) is 0.500. The molecule has 24 heavy (non-hydrogen) atoms. The number of nitrogens with one attached hydrogen (secondary N) is 1. The van der Waals surface area contributed by atoms with Crippen LogP contribution in [0.5, 0.6) is 0 Å². The first kappa shape index (κ1) is 14.9. The van der Waals surface area contributed by atoms with E-state index in [0.717, 1.165) is 12.8 Å². The summed E-state index contributed by atoms with van der Waals surface area (Å²) in [6.07, 6.45) is 3.32. The van der Waals surface area contributed by atoms with Crippen LogP contribution >= 0.6 is 0 Å². The van der Waals surface area contributed by atoms with Crippen LogP contribution in [0.4, 0.5) is 0 Å². The Morgan fingerprint density at radius 1 is 1.29 bits per heavy atom. The van der Waals surface area contributed by atoms with Crippen molar-refractivity contribution in [3.63, 3.8) is 0 Å². The third-order valence-corrected chi connectivity index (χ3v) is 4.61. The Morgan fingerprint density at radius 3 is 2.88 bits per heavy atom. The molecule has 1 aromatic rings. The summed E-state index contributed by atoms with van der Waals surface area (Å²) in [4.78, 5) is 43.3. The smallest absolute Gasteiger partial charge is 0.269 e. The van der Waals surface area contributed by atoms with Gasteiger partial charge in [0, 0.05) is 24.8 Å². The van der Waals surface area contributed by atoms with E-state index in [1.54, 1.807) is 23.2 Å². The quantitative estimate of drug-likeness (QED) is 0.793. The highest BCUT2D eigenvalue weighted by Crippen LogP contribution is 2.28. The lowest BCUT2D eigenvalue weighted by Crippen LogP contribution is -2.39. The average Bonchev–Trinajstić information content (AvgIpc) is 3.12. The number of fused-ring (bicyclic) bond motifs is 1. The summed E-state index contributed by atoms with van der Waals surface area (Å²) in [5.41, 5.74) is 0.159. The van der Waals surface area contributed by atoms with Gasteiger partial charge < -0.3 is 19.6 Å². The summed E-state index contributed by atoms with van der Waals surface area (Å²) in [6.45, 7) is 0.761. The first-order valence-corrected chi connectivity index (χ1v) is 8.09. The molecule has 3 aliphatic rings. The van der Waals surface area contributed by atoms with Crippen LogP contribution in [0.2, 0.25) is 0 Å². The largest absolute Gasteiger partial charge is 0.389 e. The maximum Gasteiger partial charge on any atom is 0.269 e. The topological polar surface area (TPSA) is 93.0 Å². The number of rotatable bonds is 4. The molecule has 3 heterocycles. The zero-order chi connectivity index (χ0) is 16.7. The molecular formula is C16H18N4O4. The number of amides is 2. The zero-order valence-corrected chi connectivity index (χ0v) is 13.1. The molecule has 8 heteroatoms. The normalized spacial score (nSPS) is 25.0. The van der Waals surface area contributed by atoms with E-state index in [2.05, 4.69) is 10.5 Å².